The molecule has 0 radical (unpaired) electrons. The number of fused-ring (bicyclic) bond motifs is 1. The van der Waals surface area contributed by atoms with Gasteiger partial charge in [0.25, 0.3) is 0 Å². The number of hydrogen-bond acceptors (Lipinski definition) is 6. The van der Waals surface area contributed by atoms with E-state index in [0.29, 0.717) is 6.54 Å². The molecule has 0 aliphatic rings. The van der Waals surface area contributed by atoms with Gasteiger partial charge in [0.1, 0.15) is 17.0 Å². The summed E-state index contributed by atoms with van der Waals surface area (Å²) < 4.78 is 10.4. The highest BCUT2D eigenvalue weighted by Gasteiger charge is 2.14. The normalized spacial score (nSPS) is 11.3. The fourth-order valence-electron chi connectivity index (χ4n) is 1.64. The highest BCUT2D eigenvalue weighted by Crippen LogP contribution is 2.26. The predicted octanol–water partition coefficient (Wildman–Crippen LogP) is 1.75. The first-order chi connectivity index (χ1) is 8.26. The molecule has 0 N–H and O–H groups in total. The molecule has 0 aromatic carbocycles. The molecule has 0 amide bonds. The van der Waals surface area contributed by atoms with Crippen LogP contribution in [0, 0.1) is 0 Å². The first-order valence-corrected chi connectivity index (χ1v) is 6.09. The second kappa shape index (κ2) is 5.39. The summed E-state index contributed by atoms with van der Waals surface area (Å²) in [5.41, 5.74) is 0. The van der Waals surface area contributed by atoms with Crippen LogP contribution in [0.15, 0.2) is 17.8 Å². The molecule has 0 saturated heterocycles. The van der Waals surface area contributed by atoms with Crippen molar-refractivity contribution in [1.29, 1.82) is 0 Å². The molecular weight excluding hydrogens is 238 g/mol. The Morgan fingerprint density at radius 2 is 2.12 bits per heavy atom. The van der Waals surface area contributed by atoms with Crippen LogP contribution in [0.4, 0.5) is 5.82 Å². The van der Waals surface area contributed by atoms with E-state index in [1.54, 1.807) is 31.9 Å². The Balaban J connectivity index is 2.23. The van der Waals surface area contributed by atoms with E-state index in [4.69, 9.17) is 9.47 Å². The van der Waals surface area contributed by atoms with Gasteiger partial charge in [-0.1, -0.05) is 0 Å². The van der Waals surface area contributed by atoms with Gasteiger partial charge in [0.2, 0.25) is 0 Å². The number of anilines is 1. The molecule has 0 unspecified atom stereocenters. The largest absolute Gasteiger partial charge is 0.354 e. The van der Waals surface area contributed by atoms with E-state index in [2.05, 4.69) is 9.97 Å². The van der Waals surface area contributed by atoms with Crippen molar-refractivity contribution in [2.75, 3.05) is 32.7 Å². The molecule has 92 valence electrons. The Kier molecular flexibility index (Phi) is 3.88. The third-order valence-corrected chi connectivity index (χ3v) is 3.37. The summed E-state index contributed by atoms with van der Waals surface area (Å²) in [6.07, 6.45) is 1.32. The van der Waals surface area contributed by atoms with E-state index in [-0.39, 0.29) is 6.29 Å². The molecule has 17 heavy (non-hydrogen) atoms. The number of rotatable bonds is 5. The van der Waals surface area contributed by atoms with Crippen LogP contribution in [0.25, 0.3) is 10.2 Å². The SMILES string of the molecule is COC(CN(C)c1ncnc2sccc12)OC. The summed E-state index contributed by atoms with van der Waals surface area (Å²) in [6, 6.07) is 2.03. The quantitative estimate of drug-likeness (QED) is 0.760. The molecule has 0 spiro atoms. The first-order valence-electron chi connectivity index (χ1n) is 5.21. The first kappa shape index (κ1) is 12.2. The Labute approximate surface area is 104 Å². The minimum Gasteiger partial charge on any atom is -0.354 e. The number of ether oxygens (including phenoxy) is 2. The Morgan fingerprint density at radius 1 is 1.35 bits per heavy atom. The summed E-state index contributed by atoms with van der Waals surface area (Å²) in [5, 5.41) is 3.08. The molecule has 5 nitrogen and oxygen atoms in total. The molecule has 2 heterocycles. The fourth-order valence-corrected chi connectivity index (χ4v) is 2.36. The maximum atomic E-state index is 5.18. The van der Waals surface area contributed by atoms with E-state index in [1.165, 1.54) is 0 Å². The van der Waals surface area contributed by atoms with Crippen LogP contribution in [-0.4, -0.2) is 44.1 Å². The van der Waals surface area contributed by atoms with Gasteiger partial charge in [-0.05, 0) is 11.4 Å². The topological polar surface area (TPSA) is 47.5 Å². The van der Waals surface area contributed by atoms with Crippen molar-refractivity contribution in [2.24, 2.45) is 0 Å². The molecule has 2 rings (SSSR count). The second-order valence-electron chi connectivity index (χ2n) is 3.62. The van der Waals surface area contributed by atoms with Crippen molar-refractivity contribution >= 4 is 27.4 Å². The molecule has 0 aliphatic heterocycles. The lowest BCUT2D eigenvalue weighted by Crippen LogP contribution is -2.32. The van der Waals surface area contributed by atoms with Gasteiger partial charge in [-0.2, -0.15) is 0 Å². The van der Waals surface area contributed by atoms with Crippen molar-refractivity contribution in [1.82, 2.24) is 9.97 Å². The number of thiophene rings is 1. The van der Waals surface area contributed by atoms with Gasteiger partial charge in [-0.15, -0.1) is 11.3 Å². The highest BCUT2D eigenvalue weighted by atomic mass is 32.1. The Hall–Kier alpha value is -1.24. The average Bonchev–Trinajstić information content (AvgIpc) is 2.83. The van der Waals surface area contributed by atoms with Crippen molar-refractivity contribution < 1.29 is 9.47 Å². The van der Waals surface area contributed by atoms with Gasteiger partial charge >= 0.3 is 0 Å². The van der Waals surface area contributed by atoms with Crippen molar-refractivity contribution in [3.8, 4) is 0 Å². The van der Waals surface area contributed by atoms with Gasteiger partial charge in [-0.3, -0.25) is 0 Å². The van der Waals surface area contributed by atoms with E-state index >= 15 is 0 Å². The van der Waals surface area contributed by atoms with Crippen LogP contribution in [-0.2, 0) is 9.47 Å². The zero-order chi connectivity index (χ0) is 12.3. The van der Waals surface area contributed by atoms with Crippen molar-refractivity contribution in [2.45, 2.75) is 6.29 Å². The van der Waals surface area contributed by atoms with Crippen LogP contribution < -0.4 is 4.90 Å². The Bertz CT molecular complexity index is 484. The molecular formula is C11H15N3O2S. The predicted molar refractivity (Wildman–Crippen MR) is 68.5 cm³/mol. The van der Waals surface area contributed by atoms with Crippen LogP contribution in [0.2, 0.25) is 0 Å². The van der Waals surface area contributed by atoms with Crippen LogP contribution in [0.1, 0.15) is 0 Å². The van der Waals surface area contributed by atoms with Gasteiger partial charge in [0.05, 0.1) is 11.9 Å². The summed E-state index contributed by atoms with van der Waals surface area (Å²) in [7, 11) is 5.22. The molecule has 0 bridgehead atoms. The molecule has 2 aromatic heterocycles. The van der Waals surface area contributed by atoms with Crippen LogP contribution in [0.5, 0.6) is 0 Å². The molecule has 0 fully saturated rings. The summed E-state index contributed by atoms with van der Waals surface area (Å²) >= 11 is 1.61. The van der Waals surface area contributed by atoms with Gasteiger partial charge in [0.15, 0.2) is 6.29 Å². The fraction of sp³-hybridized carbons (Fsp3) is 0.455. The van der Waals surface area contributed by atoms with Crippen molar-refractivity contribution in [3.63, 3.8) is 0 Å². The smallest absolute Gasteiger partial charge is 0.174 e. The van der Waals surface area contributed by atoms with E-state index in [1.807, 2.05) is 23.4 Å². The summed E-state index contributed by atoms with van der Waals surface area (Å²) in [5.74, 6) is 0.898. The zero-order valence-electron chi connectivity index (χ0n) is 10.1. The lowest BCUT2D eigenvalue weighted by atomic mass is 10.3. The number of nitrogens with zero attached hydrogens (tertiary/aromatic N) is 3. The lowest BCUT2D eigenvalue weighted by Gasteiger charge is -2.23. The van der Waals surface area contributed by atoms with Crippen molar-refractivity contribution in [3.05, 3.63) is 17.8 Å². The molecule has 0 atom stereocenters. The van der Waals surface area contributed by atoms with Crippen LogP contribution >= 0.6 is 11.3 Å². The van der Waals surface area contributed by atoms with E-state index < -0.39 is 0 Å². The molecule has 2 aromatic rings. The maximum absolute atomic E-state index is 5.18. The third-order valence-electron chi connectivity index (χ3n) is 2.55. The molecule has 0 aliphatic carbocycles. The van der Waals surface area contributed by atoms with E-state index in [0.717, 1.165) is 16.0 Å². The number of hydrogen-bond donors (Lipinski definition) is 0. The zero-order valence-corrected chi connectivity index (χ0v) is 10.9. The average molecular weight is 253 g/mol. The van der Waals surface area contributed by atoms with E-state index in [9.17, 15) is 0 Å². The number of aromatic nitrogens is 2. The lowest BCUT2D eigenvalue weighted by molar-refractivity contribution is -0.0944. The molecule has 0 saturated carbocycles. The van der Waals surface area contributed by atoms with Gasteiger partial charge in [0, 0.05) is 21.3 Å². The van der Waals surface area contributed by atoms with Crippen LogP contribution in [0.3, 0.4) is 0 Å². The van der Waals surface area contributed by atoms with Gasteiger partial charge < -0.3 is 14.4 Å². The highest BCUT2D eigenvalue weighted by molar-refractivity contribution is 7.16. The number of methoxy groups -OCH3 is 2. The Morgan fingerprint density at radius 3 is 2.82 bits per heavy atom. The monoisotopic (exact) mass is 253 g/mol. The maximum Gasteiger partial charge on any atom is 0.174 e. The molecule has 6 heteroatoms. The minimum atomic E-state index is -0.261. The van der Waals surface area contributed by atoms with Gasteiger partial charge in [-0.25, -0.2) is 9.97 Å². The third kappa shape index (κ3) is 2.54. The second-order valence-corrected chi connectivity index (χ2v) is 4.51. The minimum absolute atomic E-state index is 0.261. The summed E-state index contributed by atoms with van der Waals surface area (Å²) in [4.78, 5) is 11.5. The summed E-state index contributed by atoms with van der Waals surface area (Å²) in [6.45, 7) is 0.620. The number of likely N-dealkylation sites (N-methyl/N-ethyl adjacent to an activating group) is 1. The standard InChI is InChI=1S/C11H15N3O2S/c1-14(6-9(15-2)16-3)10-8-4-5-17-11(8)13-7-12-10/h4-5,7,9H,6H2,1-3H3.